The van der Waals surface area contributed by atoms with E-state index >= 15 is 0 Å². The van der Waals surface area contributed by atoms with Crippen LogP contribution in [-0.4, -0.2) is 34.6 Å². The second-order valence-corrected chi connectivity index (χ2v) is 4.28. The monoisotopic (exact) mass is 248 g/mol. The number of carbonyl (C=O) groups is 2. The highest BCUT2D eigenvalue weighted by molar-refractivity contribution is 5.99. The Labute approximate surface area is 103 Å². The fourth-order valence-electron chi connectivity index (χ4n) is 2.04. The number of ketones is 1. The van der Waals surface area contributed by atoms with E-state index in [0.717, 1.165) is 5.56 Å². The third-order valence-electron chi connectivity index (χ3n) is 2.89. The van der Waals surface area contributed by atoms with Gasteiger partial charge in [-0.15, -0.1) is 0 Å². The molecule has 0 spiro atoms. The minimum Gasteiger partial charge on any atom is -0.331 e. The van der Waals surface area contributed by atoms with Crippen molar-refractivity contribution in [3.63, 3.8) is 0 Å². The third kappa shape index (κ3) is 2.22. The first-order valence-electron chi connectivity index (χ1n) is 5.55. The molecule has 0 saturated carbocycles. The summed E-state index contributed by atoms with van der Waals surface area (Å²) in [7, 11) is 0. The molecule has 94 valence electrons. The predicted molar refractivity (Wildman–Crippen MR) is 63.4 cm³/mol. The van der Waals surface area contributed by atoms with Gasteiger partial charge in [-0.1, -0.05) is 6.07 Å². The van der Waals surface area contributed by atoms with Crippen molar-refractivity contribution in [2.45, 2.75) is 13.3 Å². The van der Waals surface area contributed by atoms with Crippen LogP contribution in [0.2, 0.25) is 0 Å². The van der Waals surface area contributed by atoms with Crippen LogP contribution in [0, 0.1) is 10.1 Å². The summed E-state index contributed by atoms with van der Waals surface area (Å²) in [4.78, 5) is 34.7. The molecule has 1 aliphatic heterocycles. The minimum absolute atomic E-state index is 0.0565. The summed E-state index contributed by atoms with van der Waals surface area (Å²) in [6.45, 7) is 1.94. The van der Waals surface area contributed by atoms with Crippen molar-refractivity contribution in [3.05, 3.63) is 39.4 Å². The molecule has 18 heavy (non-hydrogen) atoms. The van der Waals surface area contributed by atoms with Crippen molar-refractivity contribution in [2.24, 2.45) is 0 Å². The van der Waals surface area contributed by atoms with Gasteiger partial charge in [0.05, 0.1) is 11.5 Å². The Morgan fingerprint density at radius 2 is 2.22 bits per heavy atom. The van der Waals surface area contributed by atoms with Crippen molar-refractivity contribution in [2.75, 3.05) is 13.1 Å². The SMILES string of the molecule is CC(=O)CN1CCc2ccc([N+](=O)[O-])cc2C1=O. The molecule has 6 nitrogen and oxygen atoms in total. The molecule has 0 atom stereocenters. The molecule has 0 N–H and O–H groups in total. The maximum absolute atomic E-state index is 12.1. The molecular formula is C12H12N2O4. The lowest BCUT2D eigenvalue weighted by Gasteiger charge is -2.27. The van der Waals surface area contributed by atoms with Crippen molar-refractivity contribution >= 4 is 17.4 Å². The average molecular weight is 248 g/mol. The summed E-state index contributed by atoms with van der Waals surface area (Å²) in [5, 5.41) is 10.7. The number of nitro benzene ring substituents is 1. The first kappa shape index (κ1) is 12.2. The zero-order valence-corrected chi connectivity index (χ0v) is 9.88. The van der Waals surface area contributed by atoms with Crippen LogP contribution >= 0.6 is 0 Å². The van der Waals surface area contributed by atoms with Crippen LogP contribution in [0.15, 0.2) is 18.2 Å². The predicted octanol–water partition coefficient (Wildman–Crippen LogP) is 1.18. The number of non-ortho nitro benzene ring substituents is 1. The Hall–Kier alpha value is -2.24. The Balaban J connectivity index is 2.35. The van der Waals surface area contributed by atoms with Crippen molar-refractivity contribution in [1.29, 1.82) is 0 Å². The number of Topliss-reactive ketones (excluding diaryl/α,β-unsaturated/α-hetero) is 1. The van der Waals surface area contributed by atoms with Crippen molar-refractivity contribution < 1.29 is 14.5 Å². The van der Waals surface area contributed by atoms with Gasteiger partial charge in [0, 0.05) is 24.2 Å². The number of hydrogen-bond donors (Lipinski definition) is 0. The summed E-state index contributed by atoms with van der Waals surface area (Å²) in [5.74, 6) is -0.410. The third-order valence-corrected chi connectivity index (χ3v) is 2.89. The van der Waals surface area contributed by atoms with E-state index in [9.17, 15) is 19.7 Å². The number of benzene rings is 1. The molecule has 1 aliphatic rings. The van der Waals surface area contributed by atoms with Crippen LogP contribution in [0.1, 0.15) is 22.8 Å². The Kier molecular flexibility index (Phi) is 3.10. The summed E-state index contributed by atoms with van der Waals surface area (Å²) in [5.41, 5.74) is 1.02. The highest BCUT2D eigenvalue weighted by Gasteiger charge is 2.26. The van der Waals surface area contributed by atoms with Crippen LogP contribution in [0.25, 0.3) is 0 Å². The molecule has 0 unspecified atom stereocenters. The summed E-state index contributed by atoms with van der Waals surface area (Å²) < 4.78 is 0. The summed E-state index contributed by atoms with van der Waals surface area (Å²) >= 11 is 0. The second kappa shape index (κ2) is 4.56. The molecule has 1 amide bonds. The van der Waals surface area contributed by atoms with Crippen LogP contribution < -0.4 is 0 Å². The molecule has 0 fully saturated rings. The van der Waals surface area contributed by atoms with Crippen molar-refractivity contribution in [3.8, 4) is 0 Å². The average Bonchev–Trinajstić information content (AvgIpc) is 2.32. The van der Waals surface area contributed by atoms with Crippen LogP contribution in [-0.2, 0) is 11.2 Å². The normalized spacial score (nSPS) is 14.3. The van der Waals surface area contributed by atoms with Gasteiger partial charge in [-0.05, 0) is 18.9 Å². The highest BCUT2D eigenvalue weighted by Crippen LogP contribution is 2.23. The molecule has 6 heteroatoms. The lowest BCUT2D eigenvalue weighted by molar-refractivity contribution is -0.384. The van der Waals surface area contributed by atoms with Gasteiger partial charge in [0.2, 0.25) is 0 Å². The molecule has 1 heterocycles. The Morgan fingerprint density at radius 1 is 1.50 bits per heavy atom. The zero-order chi connectivity index (χ0) is 13.3. The fourth-order valence-corrected chi connectivity index (χ4v) is 2.04. The molecule has 0 radical (unpaired) electrons. The Bertz CT molecular complexity index is 539. The van der Waals surface area contributed by atoms with Gasteiger partial charge in [-0.2, -0.15) is 0 Å². The number of carbonyl (C=O) groups excluding carboxylic acids is 2. The minimum atomic E-state index is -0.530. The van der Waals surface area contributed by atoms with Gasteiger partial charge in [0.1, 0.15) is 5.78 Å². The van der Waals surface area contributed by atoms with Gasteiger partial charge in [0.15, 0.2) is 0 Å². The van der Waals surface area contributed by atoms with E-state index in [4.69, 9.17) is 0 Å². The Morgan fingerprint density at radius 3 is 2.83 bits per heavy atom. The van der Waals surface area contributed by atoms with E-state index in [2.05, 4.69) is 0 Å². The van der Waals surface area contributed by atoms with Gasteiger partial charge in [-0.25, -0.2) is 0 Å². The molecule has 1 aromatic rings. The number of rotatable bonds is 3. The number of fused-ring (bicyclic) bond motifs is 1. The summed E-state index contributed by atoms with van der Waals surface area (Å²) in [6, 6.07) is 4.28. The lowest BCUT2D eigenvalue weighted by atomic mass is 9.98. The van der Waals surface area contributed by atoms with E-state index in [1.165, 1.54) is 24.0 Å². The van der Waals surface area contributed by atoms with Gasteiger partial charge in [0.25, 0.3) is 11.6 Å². The number of hydrogen-bond acceptors (Lipinski definition) is 4. The van der Waals surface area contributed by atoms with Gasteiger partial charge < -0.3 is 4.90 Å². The number of nitro groups is 1. The largest absolute Gasteiger partial charge is 0.331 e. The summed E-state index contributed by atoms with van der Waals surface area (Å²) in [6.07, 6.45) is 0.617. The maximum Gasteiger partial charge on any atom is 0.270 e. The quantitative estimate of drug-likeness (QED) is 0.594. The van der Waals surface area contributed by atoms with Gasteiger partial charge in [-0.3, -0.25) is 19.7 Å². The van der Waals surface area contributed by atoms with Crippen molar-refractivity contribution in [1.82, 2.24) is 4.90 Å². The van der Waals surface area contributed by atoms with Crippen LogP contribution in [0.3, 0.4) is 0 Å². The lowest BCUT2D eigenvalue weighted by Crippen LogP contribution is -2.40. The zero-order valence-electron chi connectivity index (χ0n) is 9.88. The highest BCUT2D eigenvalue weighted by atomic mass is 16.6. The van der Waals surface area contributed by atoms with E-state index in [0.29, 0.717) is 18.5 Å². The first-order chi connectivity index (χ1) is 8.49. The van der Waals surface area contributed by atoms with Gasteiger partial charge >= 0.3 is 0 Å². The molecule has 0 bridgehead atoms. The molecule has 0 saturated heterocycles. The molecule has 2 rings (SSSR count). The molecule has 1 aromatic carbocycles. The fraction of sp³-hybridized carbons (Fsp3) is 0.333. The molecular weight excluding hydrogens is 236 g/mol. The van der Waals surface area contributed by atoms with E-state index in [1.54, 1.807) is 6.07 Å². The topological polar surface area (TPSA) is 80.5 Å². The maximum atomic E-state index is 12.1. The standard InChI is InChI=1S/C12H12N2O4/c1-8(15)7-13-5-4-9-2-3-10(14(17)18)6-11(9)12(13)16/h2-3,6H,4-5,7H2,1H3. The smallest absolute Gasteiger partial charge is 0.270 e. The van der Waals surface area contributed by atoms with E-state index in [-0.39, 0.29) is 23.9 Å². The number of nitrogens with zero attached hydrogens (tertiary/aromatic N) is 2. The molecule has 0 aliphatic carbocycles. The van der Waals surface area contributed by atoms with Crippen LogP contribution in [0.4, 0.5) is 5.69 Å². The first-order valence-corrected chi connectivity index (χ1v) is 5.55. The second-order valence-electron chi connectivity index (χ2n) is 4.28. The number of amides is 1. The molecule has 0 aromatic heterocycles. The van der Waals surface area contributed by atoms with E-state index in [1.807, 2.05) is 0 Å². The van der Waals surface area contributed by atoms with Crippen LogP contribution in [0.5, 0.6) is 0 Å². The van der Waals surface area contributed by atoms with E-state index < -0.39 is 4.92 Å².